The van der Waals surface area contributed by atoms with Crippen molar-refractivity contribution >= 4 is 28.5 Å². The van der Waals surface area contributed by atoms with Crippen LogP contribution in [0.2, 0.25) is 0 Å². The van der Waals surface area contributed by atoms with Gasteiger partial charge in [-0.2, -0.15) is 0 Å². The van der Waals surface area contributed by atoms with Crippen LogP contribution in [0.3, 0.4) is 0 Å². The van der Waals surface area contributed by atoms with Crippen LogP contribution in [-0.2, 0) is 16.0 Å². The number of amides is 2. The van der Waals surface area contributed by atoms with E-state index in [9.17, 15) is 9.59 Å². The van der Waals surface area contributed by atoms with Gasteiger partial charge in [0.2, 0.25) is 5.91 Å². The quantitative estimate of drug-likeness (QED) is 0.755. The Morgan fingerprint density at radius 3 is 2.47 bits per heavy atom. The van der Waals surface area contributed by atoms with Crippen LogP contribution < -0.4 is 5.32 Å². The van der Waals surface area contributed by atoms with Crippen LogP contribution in [0.15, 0.2) is 5.38 Å². The van der Waals surface area contributed by atoms with E-state index in [0.29, 0.717) is 23.5 Å². The first-order valence-electron chi connectivity index (χ1n) is 11.1. The predicted octanol–water partition coefficient (Wildman–Crippen LogP) is 4.00. The molecule has 0 bridgehead atoms. The number of anilines is 1. The molecule has 0 spiro atoms. The van der Waals surface area contributed by atoms with E-state index in [2.05, 4.69) is 22.1 Å². The second-order valence-electron chi connectivity index (χ2n) is 9.91. The number of aromatic nitrogens is 1. The molecule has 1 N–H and O–H groups in total. The highest BCUT2D eigenvalue weighted by molar-refractivity contribution is 7.13. The van der Waals surface area contributed by atoms with Crippen LogP contribution in [0.1, 0.15) is 59.1 Å². The normalized spacial score (nSPS) is 19.7. The number of hydrogen-bond acceptors (Lipinski definition) is 6. The molecule has 7 nitrogen and oxygen atoms in total. The molecule has 3 rings (SSSR count). The van der Waals surface area contributed by atoms with Crippen LogP contribution in [0, 0.1) is 11.3 Å². The highest BCUT2D eigenvalue weighted by Crippen LogP contribution is 2.24. The van der Waals surface area contributed by atoms with E-state index in [-0.39, 0.29) is 17.7 Å². The van der Waals surface area contributed by atoms with Gasteiger partial charge in [0.15, 0.2) is 5.13 Å². The number of piperidine rings is 2. The number of rotatable bonds is 5. The molecule has 1 aromatic heterocycles. The van der Waals surface area contributed by atoms with Crippen LogP contribution in [0.5, 0.6) is 0 Å². The summed E-state index contributed by atoms with van der Waals surface area (Å²) in [6.45, 7) is 12.7. The number of ether oxygens (including phenoxy) is 1. The highest BCUT2D eigenvalue weighted by Gasteiger charge is 2.29. The third-order valence-corrected chi connectivity index (χ3v) is 6.69. The smallest absolute Gasteiger partial charge is 0.413 e. The number of thiazole rings is 1. The molecule has 168 valence electrons. The van der Waals surface area contributed by atoms with Gasteiger partial charge in [-0.25, -0.2) is 9.78 Å². The molecule has 30 heavy (non-hydrogen) atoms. The minimum atomic E-state index is -0.508. The molecule has 2 aliphatic heterocycles. The van der Waals surface area contributed by atoms with Crippen molar-refractivity contribution in [2.75, 3.05) is 38.1 Å². The molecule has 0 unspecified atom stereocenters. The Kier molecular flexibility index (Phi) is 7.74. The molecule has 0 saturated carbocycles. The Bertz CT molecular complexity index is 714. The summed E-state index contributed by atoms with van der Waals surface area (Å²) in [5.74, 6) is 0.966. The van der Waals surface area contributed by atoms with Crippen LogP contribution >= 0.6 is 11.3 Å². The van der Waals surface area contributed by atoms with Gasteiger partial charge in [-0.15, -0.1) is 11.3 Å². The minimum absolute atomic E-state index is 0.0856. The lowest BCUT2D eigenvalue weighted by Crippen LogP contribution is -2.49. The number of nitrogens with one attached hydrogen (secondary N) is 1. The van der Waals surface area contributed by atoms with Crippen molar-refractivity contribution in [2.24, 2.45) is 11.3 Å². The van der Waals surface area contributed by atoms with Gasteiger partial charge >= 0.3 is 6.09 Å². The van der Waals surface area contributed by atoms with Gasteiger partial charge in [0, 0.05) is 24.5 Å². The van der Waals surface area contributed by atoms with Crippen molar-refractivity contribution in [3.05, 3.63) is 11.1 Å². The van der Waals surface area contributed by atoms with E-state index in [4.69, 9.17) is 4.74 Å². The lowest BCUT2D eigenvalue weighted by Gasteiger charge is -2.41. The summed E-state index contributed by atoms with van der Waals surface area (Å²) >= 11 is 1.32. The zero-order valence-electron chi connectivity index (χ0n) is 18.8. The van der Waals surface area contributed by atoms with Crippen LogP contribution in [0.25, 0.3) is 0 Å². The molecule has 2 aliphatic rings. The molecular formula is C22H36N4O3S. The number of likely N-dealkylation sites (tertiary alicyclic amines) is 2. The number of nitrogens with zero attached hydrogens (tertiary/aromatic N) is 3. The van der Waals surface area contributed by atoms with Crippen LogP contribution in [0.4, 0.5) is 9.93 Å². The summed E-state index contributed by atoms with van der Waals surface area (Å²) in [5.41, 5.74) is 0.612. The van der Waals surface area contributed by atoms with E-state index in [1.54, 1.807) is 0 Å². The van der Waals surface area contributed by atoms with Crippen molar-refractivity contribution < 1.29 is 14.3 Å². The van der Waals surface area contributed by atoms with Crippen molar-refractivity contribution in [3.8, 4) is 0 Å². The molecule has 2 saturated heterocycles. The predicted molar refractivity (Wildman–Crippen MR) is 120 cm³/mol. The van der Waals surface area contributed by atoms with Crippen molar-refractivity contribution in [1.29, 1.82) is 0 Å². The lowest BCUT2D eigenvalue weighted by atomic mass is 9.95. The Morgan fingerprint density at radius 2 is 1.83 bits per heavy atom. The lowest BCUT2D eigenvalue weighted by molar-refractivity contribution is -0.132. The van der Waals surface area contributed by atoms with Crippen molar-refractivity contribution in [2.45, 2.75) is 65.8 Å². The maximum Gasteiger partial charge on any atom is 0.413 e. The largest absolute Gasteiger partial charge is 0.449 e. The molecule has 0 radical (unpaired) electrons. The summed E-state index contributed by atoms with van der Waals surface area (Å²) in [5, 5.41) is 4.95. The van der Waals surface area contributed by atoms with Gasteiger partial charge in [-0.05, 0) is 50.1 Å². The van der Waals surface area contributed by atoms with E-state index < -0.39 is 6.09 Å². The van der Waals surface area contributed by atoms with Crippen molar-refractivity contribution in [1.82, 2.24) is 14.8 Å². The third-order valence-electron chi connectivity index (χ3n) is 5.88. The molecule has 0 aromatic carbocycles. The molecule has 1 aromatic rings. The van der Waals surface area contributed by atoms with E-state index in [0.717, 1.165) is 31.8 Å². The summed E-state index contributed by atoms with van der Waals surface area (Å²) in [7, 11) is 0. The molecule has 8 heteroatoms. The first-order valence-corrected chi connectivity index (χ1v) is 12.0. The summed E-state index contributed by atoms with van der Waals surface area (Å²) in [6, 6.07) is 0.621. The minimum Gasteiger partial charge on any atom is -0.449 e. The van der Waals surface area contributed by atoms with Gasteiger partial charge < -0.3 is 14.5 Å². The number of carbonyl (C=O) groups is 2. The zero-order valence-corrected chi connectivity index (χ0v) is 19.6. The average Bonchev–Trinajstić information content (AvgIpc) is 3.13. The molecule has 3 heterocycles. The van der Waals surface area contributed by atoms with Gasteiger partial charge in [0.25, 0.3) is 0 Å². The maximum atomic E-state index is 12.7. The highest BCUT2D eigenvalue weighted by atomic mass is 32.1. The van der Waals surface area contributed by atoms with Gasteiger partial charge in [-0.1, -0.05) is 27.7 Å². The van der Waals surface area contributed by atoms with Gasteiger partial charge in [-0.3, -0.25) is 10.1 Å². The molecular weight excluding hydrogens is 400 g/mol. The van der Waals surface area contributed by atoms with E-state index in [1.165, 1.54) is 37.3 Å². The van der Waals surface area contributed by atoms with Gasteiger partial charge in [0.05, 0.1) is 18.7 Å². The first-order chi connectivity index (χ1) is 14.2. The topological polar surface area (TPSA) is 74.8 Å². The Balaban J connectivity index is 1.41. The van der Waals surface area contributed by atoms with Crippen LogP contribution in [-0.4, -0.2) is 65.6 Å². The first kappa shape index (κ1) is 23.0. The number of carbonyl (C=O) groups excluding carboxylic acids is 2. The Hall–Kier alpha value is -1.67. The second kappa shape index (κ2) is 10.1. The van der Waals surface area contributed by atoms with Gasteiger partial charge in [0.1, 0.15) is 0 Å². The average molecular weight is 437 g/mol. The second-order valence-corrected chi connectivity index (χ2v) is 10.8. The fourth-order valence-corrected chi connectivity index (χ4v) is 4.69. The third kappa shape index (κ3) is 6.94. The molecule has 0 atom stereocenters. The fourth-order valence-electron chi connectivity index (χ4n) is 3.99. The standard InChI is InChI=1S/C22H36N4O3S/c1-16-5-9-25(10-6-16)18-7-11-26(12-8-18)19(27)13-17-14-30-20(23-17)24-21(28)29-15-22(2,3)4/h14,16,18H,5-13,15H2,1-4H3,(H,23,24,28). The molecule has 0 aliphatic carbocycles. The fraction of sp³-hybridized carbons (Fsp3) is 0.773. The van der Waals surface area contributed by atoms with E-state index >= 15 is 0 Å². The Morgan fingerprint density at radius 1 is 1.17 bits per heavy atom. The van der Waals surface area contributed by atoms with Crippen molar-refractivity contribution in [3.63, 3.8) is 0 Å². The SMILES string of the molecule is CC1CCN(C2CCN(C(=O)Cc3csc(NC(=O)OCC(C)(C)C)n3)CC2)CC1. The summed E-state index contributed by atoms with van der Waals surface area (Å²) in [6.07, 6.45) is 4.48. The Labute approximate surface area is 184 Å². The summed E-state index contributed by atoms with van der Waals surface area (Å²) in [4.78, 5) is 33.5. The number of hydrogen-bond donors (Lipinski definition) is 1. The molecule has 2 amide bonds. The molecule has 2 fully saturated rings. The monoisotopic (exact) mass is 436 g/mol. The maximum absolute atomic E-state index is 12.7. The zero-order chi connectivity index (χ0) is 21.7. The summed E-state index contributed by atoms with van der Waals surface area (Å²) < 4.78 is 5.20. The van der Waals surface area contributed by atoms with E-state index in [1.807, 2.05) is 31.1 Å².